The second kappa shape index (κ2) is 11.1. The summed E-state index contributed by atoms with van der Waals surface area (Å²) < 4.78 is 29.4. The van der Waals surface area contributed by atoms with Gasteiger partial charge in [-0.2, -0.15) is 4.72 Å². The summed E-state index contributed by atoms with van der Waals surface area (Å²) in [5, 5.41) is 2.87. The van der Waals surface area contributed by atoms with Gasteiger partial charge in [0.2, 0.25) is 21.8 Å². The van der Waals surface area contributed by atoms with Gasteiger partial charge in [-0.25, -0.2) is 8.42 Å². The minimum Gasteiger partial charge on any atom is -0.325 e. The Bertz CT molecular complexity index is 1360. The molecule has 0 aliphatic carbocycles. The van der Waals surface area contributed by atoms with Crippen molar-refractivity contribution < 1.29 is 18.0 Å². The fraction of sp³-hybridized carbons (Fsp3) is 0.286. The number of amides is 2. The summed E-state index contributed by atoms with van der Waals surface area (Å²) >= 11 is 0. The largest absolute Gasteiger partial charge is 0.325 e. The van der Waals surface area contributed by atoms with Gasteiger partial charge in [0.25, 0.3) is 0 Å². The molecule has 0 aromatic heterocycles. The summed E-state index contributed by atoms with van der Waals surface area (Å²) in [7, 11) is -4.01. The van der Waals surface area contributed by atoms with Gasteiger partial charge in [0.15, 0.2) is 0 Å². The molecule has 0 fully saturated rings. The molecule has 1 atom stereocenters. The normalized spacial score (nSPS) is 13.8. The van der Waals surface area contributed by atoms with E-state index in [0.717, 1.165) is 28.8 Å². The van der Waals surface area contributed by atoms with E-state index >= 15 is 0 Å². The van der Waals surface area contributed by atoms with Gasteiger partial charge in [0.05, 0.1) is 4.90 Å². The lowest BCUT2D eigenvalue weighted by atomic mass is 10.1. The summed E-state index contributed by atoms with van der Waals surface area (Å²) in [4.78, 5) is 27.2. The number of hydrogen-bond donors (Lipinski definition) is 2. The average Bonchev–Trinajstić information content (AvgIpc) is 3.32. The van der Waals surface area contributed by atoms with E-state index in [-0.39, 0.29) is 17.2 Å². The van der Waals surface area contributed by atoms with Crippen molar-refractivity contribution in [3.05, 3.63) is 89.5 Å². The van der Waals surface area contributed by atoms with Crippen LogP contribution in [-0.4, -0.2) is 32.8 Å². The maximum atomic E-state index is 13.4. The fourth-order valence-electron chi connectivity index (χ4n) is 4.39. The molecule has 0 saturated carbocycles. The van der Waals surface area contributed by atoms with Crippen molar-refractivity contribution in [2.75, 3.05) is 16.8 Å². The van der Waals surface area contributed by atoms with E-state index in [0.29, 0.717) is 25.1 Å². The van der Waals surface area contributed by atoms with Crippen molar-refractivity contribution in [1.82, 2.24) is 4.72 Å². The van der Waals surface area contributed by atoms with Crippen LogP contribution in [0.5, 0.6) is 0 Å². The molecule has 36 heavy (non-hydrogen) atoms. The van der Waals surface area contributed by atoms with E-state index in [9.17, 15) is 18.0 Å². The molecule has 7 nitrogen and oxygen atoms in total. The van der Waals surface area contributed by atoms with Gasteiger partial charge in [-0.05, 0) is 66.3 Å². The number of hydrogen-bond acceptors (Lipinski definition) is 4. The number of anilines is 2. The minimum atomic E-state index is -4.01. The number of aryl methyl sites for hydroxylation is 1. The Balaban J connectivity index is 1.59. The Labute approximate surface area is 212 Å². The van der Waals surface area contributed by atoms with Crippen LogP contribution in [0, 0.1) is 0 Å². The van der Waals surface area contributed by atoms with Gasteiger partial charge in [-0.15, -0.1) is 0 Å². The highest BCUT2D eigenvalue weighted by Gasteiger charge is 2.29. The van der Waals surface area contributed by atoms with Crippen LogP contribution in [0.15, 0.2) is 77.7 Å². The number of fused-ring (bicyclic) bond motifs is 1. The molecule has 1 aliphatic heterocycles. The van der Waals surface area contributed by atoms with Gasteiger partial charge in [0.1, 0.15) is 6.04 Å². The first-order valence-electron chi connectivity index (χ1n) is 12.2. The molecule has 2 N–H and O–H groups in total. The summed E-state index contributed by atoms with van der Waals surface area (Å²) in [5.74, 6) is -0.425. The smallest absolute Gasteiger partial charge is 0.242 e. The molecule has 188 valence electrons. The Morgan fingerprint density at radius 1 is 0.944 bits per heavy atom. The molecule has 0 saturated heterocycles. The Hall–Kier alpha value is -3.49. The van der Waals surface area contributed by atoms with Crippen molar-refractivity contribution in [3.63, 3.8) is 0 Å². The Kier molecular flexibility index (Phi) is 7.86. The molecule has 0 unspecified atom stereocenters. The maximum Gasteiger partial charge on any atom is 0.242 e. The van der Waals surface area contributed by atoms with E-state index in [4.69, 9.17) is 0 Å². The SMILES string of the molecule is CCC(=O)N1CCc2cc(S(=O)(=O)N[C@H](Cc3ccccc3)C(=O)Nc3cccc(CC)c3)ccc21. The van der Waals surface area contributed by atoms with Crippen molar-refractivity contribution >= 4 is 33.2 Å². The molecule has 1 aliphatic rings. The molecule has 8 heteroatoms. The van der Waals surface area contributed by atoms with Gasteiger partial charge >= 0.3 is 0 Å². The van der Waals surface area contributed by atoms with Crippen molar-refractivity contribution in [2.45, 2.75) is 50.5 Å². The van der Waals surface area contributed by atoms with Crippen LogP contribution in [0.4, 0.5) is 11.4 Å². The van der Waals surface area contributed by atoms with E-state index in [2.05, 4.69) is 10.0 Å². The first-order valence-corrected chi connectivity index (χ1v) is 13.7. The standard InChI is InChI=1S/C28H31N3O4S/c1-3-20-11-8-12-23(17-20)29-28(33)25(18-21-9-6-5-7-10-21)30-36(34,35)24-13-14-26-22(19-24)15-16-31(26)27(32)4-2/h5-14,17,19,25,30H,3-4,15-16,18H2,1-2H3,(H,29,33)/t25-/m1/s1. The number of nitrogens with one attached hydrogen (secondary N) is 2. The maximum absolute atomic E-state index is 13.4. The van der Waals surface area contributed by atoms with E-state index in [1.165, 1.54) is 6.07 Å². The second-order valence-corrected chi connectivity index (χ2v) is 10.6. The first kappa shape index (κ1) is 25.6. The summed E-state index contributed by atoms with van der Waals surface area (Å²) in [6.45, 7) is 4.37. The summed E-state index contributed by atoms with van der Waals surface area (Å²) in [5.41, 5.74) is 4.08. The van der Waals surface area contributed by atoms with Crippen LogP contribution in [0.25, 0.3) is 0 Å². The zero-order valence-corrected chi connectivity index (χ0v) is 21.3. The monoisotopic (exact) mass is 505 g/mol. The van der Waals surface area contributed by atoms with Crippen LogP contribution < -0.4 is 14.9 Å². The zero-order chi connectivity index (χ0) is 25.7. The van der Waals surface area contributed by atoms with Crippen molar-refractivity contribution in [3.8, 4) is 0 Å². The van der Waals surface area contributed by atoms with Crippen LogP contribution in [0.2, 0.25) is 0 Å². The summed E-state index contributed by atoms with van der Waals surface area (Å²) in [6, 6.07) is 20.6. The molecule has 0 spiro atoms. The van der Waals surface area contributed by atoms with E-state index < -0.39 is 22.0 Å². The van der Waals surface area contributed by atoms with Gasteiger partial charge in [-0.1, -0.05) is 56.3 Å². The molecule has 0 radical (unpaired) electrons. The lowest BCUT2D eigenvalue weighted by Gasteiger charge is -2.20. The predicted octanol–water partition coefficient (Wildman–Crippen LogP) is 4.08. The van der Waals surface area contributed by atoms with Gasteiger partial charge < -0.3 is 10.2 Å². The molecule has 0 bridgehead atoms. The number of carbonyl (C=O) groups is 2. The number of nitrogens with zero attached hydrogens (tertiary/aromatic N) is 1. The number of carbonyl (C=O) groups excluding carboxylic acids is 2. The third-order valence-corrected chi connectivity index (χ3v) is 7.83. The lowest BCUT2D eigenvalue weighted by molar-refractivity contribution is -0.118. The van der Waals surface area contributed by atoms with Crippen LogP contribution in [-0.2, 0) is 38.9 Å². The zero-order valence-electron chi connectivity index (χ0n) is 20.5. The van der Waals surface area contributed by atoms with Crippen molar-refractivity contribution in [2.24, 2.45) is 0 Å². The topological polar surface area (TPSA) is 95.6 Å². The highest BCUT2D eigenvalue weighted by atomic mass is 32.2. The number of benzene rings is 3. The number of rotatable bonds is 9. The third kappa shape index (κ3) is 5.83. The molecule has 3 aromatic rings. The Morgan fingerprint density at radius 3 is 2.42 bits per heavy atom. The fourth-order valence-corrected chi connectivity index (χ4v) is 5.63. The Morgan fingerprint density at radius 2 is 1.69 bits per heavy atom. The van der Waals surface area contributed by atoms with Crippen LogP contribution >= 0.6 is 0 Å². The molecule has 2 amide bonds. The highest BCUT2D eigenvalue weighted by Crippen LogP contribution is 2.30. The van der Waals surface area contributed by atoms with Gasteiger partial charge in [0, 0.05) is 24.3 Å². The molecular formula is C28H31N3O4S. The molecule has 4 rings (SSSR count). The third-order valence-electron chi connectivity index (χ3n) is 6.36. The molecular weight excluding hydrogens is 474 g/mol. The van der Waals surface area contributed by atoms with E-state index in [1.807, 2.05) is 55.5 Å². The quantitative estimate of drug-likeness (QED) is 0.458. The lowest BCUT2D eigenvalue weighted by Crippen LogP contribution is -2.45. The highest BCUT2D eigenvalue weighted by molar-refractivity contribution is 7.89. The van der Waals surface area contributed by atoms with Gasteiger partial charge in [-0.3, -0.25) is 9.59 Å². The first-order chi connectivity index (χ1) is 17.3. The van der Waals surface area contributed by atoms with Crippen LogP contribution in [0.3, 0.4) is 0 Å². The van der Waals surface area contributed by atoms with Crippen molar-refractivity contribution in [1.29, 1.82) is 0 Å². The second-order valence-electron chi connectivity index (χ2n) is 8.85. The number of sulfonamides is 1. The summed E-state index contributed by atoms with van der Waals surface area (Å²) in [6.07, 6.45) is 2.00. The minimum absolute atomic E-state index is 0.00854. The predicted molar refractivity (Wildman–Crippen MR) is 141 cm³/mol. The average molecular weight is 506 g/mol. The molecule has 3 aromatic carbocycles. The van der Waals surface area contributed by atoms with Crippen LogP contribution in [0.1, 0.15) is 37.0 Å². The van der Waals surface area contributed by atoms with E-state index in [1.54, 1.807) is 30.0 Å². The molecule has 1 heterocycles.